The third-order valence-corrected chi connectivity index (χ3v) is 4.66. The van der Waals surface area contributed by atoms with E-state index in [0.717, 1.165) is 17.5 Å². The average molecular weight is 393 g/mol. The smallest absolute Gasteiger partial charge is 0.359 e. The second-order valence-corrected chi connectivity index (χ2v) is 6.84. The Morgan fingerprint density at radius 2 is 1.72 bits per heavy atom. The lowest BCUT2D eigenvalue weighted by atomic mass is 10.1. The molecule has 7 nitrogen and oxygen atoms in total. The first-order chi connectivity index (χ1) is 14.0. The van der Waals surface area contributed by atoms with Gasteiger partial charge in [-0.3, -0.25) is 9.59 Å². The molecule has 0 saturated carbocycles. The first-order valence-corrected chi connectivity index (χ1v) is 9.41. The summed E-state index contributed by atoms with van der Waals surface area (Å²) in [5, 5.41) is 7.68. The molecule has 0 radical (unpaired) electrons. The van der Waals surface area contributed by atoms with Crippen molar-refractivity contribution >= 4 is 22.6 Å². The summed E-state index contributed by atoms with van der Waals surface area (Å²) in [5.74, 6) is -1.00. The van der Waals surface area contributed by atoms with Crippen LogP contribution in [-0.2, 0) is 22.5 Å². The molecule has 3 rings (SSSR count). The fourth-order valence-electron chi connectivity index (χ4n) is 3.15. The van der Waals surface area contributed by atoms with Gasteiger partial charge in [-0.25, -0.2) is 9.48 Å². The average Bonchev–Trinajstić information content (AvgIpc) is 2.74. The summed E-state index contributed by atoms with van der Waals surface area (Å²) in [7, 11) is 1.25. The first-order valence-electron chi connectivity index (χ1n) is 9.41. The number of nitrogens with one attached hydrogen (secondary N) is 1. The van der Waals surface area contributed by atoms with E-state index in [9.17, 15) is 14.4 Å². The number of benzene rings is 2. The summed E-state index contributed by atoms with van der Waals surface area (Å²) in [6, 6.07) is 16.6. The number of ether oxygens (including phenoxy) is 1. The molecule has 0 fully saturated rings. The van der Waals surface area contributed by atoms with Gasteiger partial charge in [-0.05, 0) is 31.4 Å². The van der Waals surface area contributed by atoms with Gasteiger partial charge in [0, 0.05) is 11.4 Å². The monoisotopic (exact) mass is 393 g/mol. The van der Waals surface area contributed by atoms with Crippen molar-refractivity contribution in [3.8, 4) is 0 Å². The standard InChI is InChI=1S/C22H23N3O4/c1-15(12-13-16-8-4-3-5-9-16)23-19(26)14-25-21(27)18-11-7-6-10-17(18)20(24-25)22(28)29-2/h3-11,15H,12-14H2,1-2H3,(H,23,26)/t15-/m1/s1. The van der Waals surface area contributed by atoms with Crippen LogP contribution in [0.3, 0.4) is 0 Å². The summed E-state index contributed by atoms with van der Waals surface area (Å²) in [5.41, 5.74) is 0.775. The second-order valence-electron chi connectivity index (χ2n) is 6.84. The molecule has 29 heavy (non-hydrogen) atoms. The van der Waals surface area contributed by atoms with E-state index in [1.165, 1.54) is 12.7 Å². The molecule has 0 aliphatic rings. The highest BCUT2D eigenvalue weighted by atomic mass is 16.5. The molecule has 3 aromatic rings. The van der Waals surface area contributed by atoms with Gasteiger partial charge in [0.1, 0.15) is 6.54 Å². The summed E-state index contributed by atoms with van der Waals surface area (Å²) in [6.45, 7) is 1.64. The number of carbonyl (C=O) groups is 2. The summed E-state index contributed by atoms with van der Waals surface area (Å²) in [4.78, 5) is 37.2. The molecule has 0 bridgehead atoms. The van der Waals surface area contributed by atoms with Crippen LogP contribution in [0.1, 0.15) is 29.4 Å². The Kier molecular flexibility index (Phi) is 6.39. The Balaban J connectivity index is 1.73. The van der Waals surface area contributed by atoms with Crippen molar-refractivity contribution in [1.29, 1.82) is 0 Å². The van der Waals surface area contributed by atoms with E-state index in [1.807, 2.05) is 37.3 Å². The molecule has 150 valence electrons. The van der Waals surface area contributed by atoms with Gasteiger partial charge in [-0.15, -0.1) is 0 Å². The molecule has 1 aromatic heterocycles. The van der Waals surface area contributed by atoms with Crippen LogP contribution in [0.2, 0.25) is 0 Å². The van der Waals surface area contributed by atoms with Crippen molar-refractivity contribution in [2.45, 2.75) is 32.4 Å². The van der Waals surface area contributed by atoms with Crippen LogP contribution in [0.4, 0.5) is 0 Å². The normalized spacial score (nSPS) is 11.8. The summed E-state index contributed by atoms with van der Waals surface area (Å²) in [6.07, 6.45) is 1.60. The van der Waals surface area contributed by atoms with Crippen molar-refractivity contribution in [3.63, 3.8) is 0 Å². The molecule has 2 aromatic carbocycles. The third kappa shape index (κ3) is 4.87. The molecule has 0 aliphatic carbocycles. The topological polar surface area (TPSA) is 90.3 Å². The Labute approximate surface area is 168 Å². The molecular formula is C22H23N3O4. The largest absolute Gasteiger partial charge is 0.464 e. The quantitative estimate of drug-likeness (QED) is 0.622. The van der Waals surface area contributed by atoms with Crippen molar-refractivity contribution in [1.82, 2.24) is 15.1 Å². The Hall–Kier alpha value is -3.48. The zero-order valence-corrected chi connectivity index (χ0v) is 16.4. The molecule has 1 atom stereocenters. The Morgan fingerprint density at radius 3 is 2.41 bits per heavy atom. The van der Waals surface area contributed by atoms with E-state index in [2.05, 4.69) is 10.4 Å². The summed E-state index contributed by atoms with van der Waals surface area (Å²) < 4.78 is 5.77. The molecule has 0 spiro atoms. The molecule has 1 heterocycles. The molecular weight excluding hydrogens is 370 g/mol. The zero-order valence-electron chi connectivity index (χ0n) is 16.4. The minimum absolute atomic E-state index is 0.00706. The van der Waals surface area contributed by atoms with Crippen LogP contribution >= 0.6 is 0 Å². The van der Waals surface area contributed by atoms with E-state index in [1.54, 1.807) is 24.3 Å². The maximum Gasteiger partial charge on any atom is 0.359 e. The van der Waals surface area contributed by atoms with E-state index in [0.29, 0.717) is 10.8 Å². The lowest BCUT2D eigenvalue weighted by Crippen LogP contribution is -2.39. The number of methoxy groups -OCH3 is 1. The van der Waals surface area contributed by atoms with Gasteiger partial charge in [0.05, 0.1) is 12.5 Å². The van der Waals surface area contributed by atoms with Gasteiger partial charge in [0.2, 0.25) is 5.91 Å². The van der Waals surface area contributed by atoms with Crippen LogP contribution in [0.25, 0.3) is 10.8 Å². The highest BCUT2D eigenvalue weighted by molar-refractivity contribution is 6.02. The highest BCUT2D eigenvalue weighted by Gasteiger charge is 2.18. The fourth-order valence-corrected chi connectivity index (χ4v) is 3.15. The first kappa shape index (κ1) is 20.3. The van der Waals surface area contributed by atoms with Crippen LogP contribution in [0, 0.1) is 0 Å². The SMILES string of the molecule is COC(=O)c1nn(CC(=O)N[C@H](C)CCc2ccccc2)c(=O)c2ccccc12. The van der Waals surface area contributed by atoms with Gasteiger partial charge < -0.3 is 10.1 Å². The number of esters is 1. The van der Waals surface area contributed by atoms with Gasteiger partial charge in [-0.2, -0.15) is 5.10 Å². The second kappa shape index (κ2) is 9.14. The number of nitrogens with zero attached hydrogens (tertiary/aromatic N) is 2. The number of aryl methyl sites for hydroxylation is 1. The van der Waals surface area contributed by atoms with Crippen LogP contribution in [-0.4, -0.2) is 34.8 Å². The van der Waals surface area contributed by atoms with Crippen molar-refractivity contribution < 1.29 is 14.3 Å². The molecule has 1 amide bonds. The van der Waals surface area contributed by atoms with Crippen molar-refractivity contribution in [3.05, 3.63) is 76.2 Å². The van der Waals surface area contributed by atoms with Gasteiger partial charge in [0.15, 0.2) is 5.69 Å². The predicted molar refractivity (Wildman–Crippen MR) is 110 cm³/mol. The van der Waals surface area contributed by atoms with Gasteiger partial charge in [-0.1, -0.05) is 48.5 Å². The van der Waals surface area contributed by atoms with Gasteiger partial charge >= 0.3 is 5.97 Å². The molecule has 1 N–H and O–H groups in total. The molecule has 7 heteroatoms. The van der Waals surface area contributed by atoms with Crippen LogP contribution in [0.15, 0.2) is 59.4 Å². The Bertz CT molecular complexity index is 1080. The number of hydrogen-bond donors (Lipinski definition) is 1. The molecule has 0 unspecified atom stereocenters. The van der Waals surface area contributed by atoms with Crippen molar-refractivity contribution in [2.24, 2.45) is 0 Å². The number of fused-ring (bicyclic) bond motifs is 1. The summed E-state index contributed by atoms with van der Waals surface area (Å²) >= 11 is 0. The minimum atomic E-state index is -0.661. The van der Waals surface area contributed by atoms with Crippen LogP contribution < -0.4 is 10.9 Å². The molecule has 0 saturated heterocycles. The van der Waals surface area contributed by atoms with E-state index < -0.39 is 11.5 Å². The predicted octanol–water partition coefficient (Wildman–Crippen LogP) is 2.32. The van der Waals surface area contributed by atoms with E-state index >= 15 is 0 Å². The third-order valence-electron chi connectivity index (χ3n) is 4.66. The fraction of sp³-hybridized carbons (Fsp3) is 0.273. The lowest BCUT2D eigenvalue weighted by Gasteiger charge is -2.15. The van der Waals surface area contributed by atoms with Gasteiger partial charge in [0.25, 0.3) is 5.56 Å². The maximum atomic E-state index is 12.7. The highest BCUT2D eigenvalue weighted by Crippen LogP contribution is 2.14. The van der Waals surface area contributed by atoms with Crippen LogP contribution in [0.5, 0.6) is 0 Å². The Morgan fingerprint density at radius 1 is 1.07 bits per heavy atom. The van der Waals surface area contributed by atoms with E-state index in [4.69, 9.17) is 4.74 Å². The lowest BCUT2D eigenvalue weighted by molar-refractivity contribution is -0.122. The number of hydrogen-bond acceptors (Lipinski definition) is 5. The molecule has 0 aliphatic heterocycles. The van der Waals surface area contributed by atoms with Crippen molar-refractivity contribution in [2.75, 3.05) is 7.11 Å². The number of carbonyl (C=O) groups excluding carboxylic acids is 2. The van der Waals surface area contributed by atoms with E-state index in [-0.39, 0.29) is 24.2 Å². The zero-order chi connectivity index (χ0) is 20.8. The number of rotatable bonds is 7. The maximum absolute atomic E-state index is 12.7. The minimum Gasteiger partial charge on any atom is -0.464 e. The number of aromatic nitrogens is 2. The number of amides is 1.